The summed E-state index contributed by atoms with van der Waals surface area (Å²) >= 11 is 1.28. The van der Waals surface area contributed by atoms with Crippen LogP contribution in [0.4, 0.5) is 5.69 Å². The molecule has 0 atom stereocenters. The summed E-state index contributed by atoms with van der Waals surface area (Å²) in [6, 6.07) is 21.0. The van der Waals surface area contributed by atoms with Crippen molar-refractivity contribution in [3.63, 3.8) is 0 Å². The number of nitro benzene ring substituents is 1. The first-order chi connectivity index (χ1) is 14.6. The van der Waals surface area contributed by atoms with Crippen LogP contribution < -0.4 is 4.74 Å². The molecule has 1 heterocycles. The van der Waals surface area contributed by atoms with Gasteiger partial charge in [0.25, 0.3) is 5.69 Å². The van der Waals surface area contributed by atoms with Crippen LogP contribution in [0.2, 0.25) is 0 Å². The molecule has 0 radical (unpaired) electrons. The van der Waals surface area contributed by atoms with Gasteiger partial charge in [-0.3, -0.25) is 19.5 Å². The lowest BCUT2D eigenvalue weighted by Gasteiger charge is -2.12. The maximum Gasteiger partial charge on any atom is 0.271 e. The molecule has 7 nitrogen and oxygen atoms in total. The Balaban J connectivity index is 1.79. The maximum absolute atomic E-state index is 12.6. The van der Waals surface area contributed by atoms with Gasteiger partial charge in [-0.15, -0.1) is 0 Å². The second-order valence-corrected chi connectivity index (χ2v) is 7.35. The highest BCUT2D eigenvalue weighted by Gasteiger charge is 2.19. The van der Waals surface area contributed by atoms with E-state index in [1.54, 1.807) is 25.3 Å². The quantitative estimate of drug-likeness (QED) is 0.183. The summed E-state index contributed by atoms with van der Waals surface area (Å²) in [4.78, 5) is 27.9. The van der Waals surface area contributed by atoms with Crippen molar-refractivity contribution < 1.29 is 14.5 Å². The molecule has 0 fully saturated rings. The summed E-state index contributed by atoms with van der Waals surface area (Å²) in [6.07, 6.45) is 0. The number of imidazole rings is 1. The normalized spacial score (nSPS) is 10.8. The number of para-hydroxylation sites is 2. The van der Waals surface area contributed by atoms with E-state index in [-0.39, 0.29) is 17.2 Å². The number of aromatic nitrogens is 2. The number of carbonyl (C=O) groups is 1. The summed E-state index contributed by atoms with van der Waals surface area (Å²) in [5.74, 6) is 0.793. The highest BCUT2D eigenvalue weighted by Crippen LogP contribution is 2.34. The van der Waals surface area contributed by atoms with Gasteiger partial charge in [0, 0.05) is 17.7 Å². The lowest BCUT2D eigenvalue weighted by Crippen LogP contribution is -2.04. The van der Waals surface area contributed by atoms with Gasteiger partial charge in [0.15, 0.2) is 10.9 Å². The molecule has 0 amide bonds. The van der Waals surface area contributed by atoms with E-state index in [4.69, 9.17) is 4.74 Å². The van der Waals surface area contributed by atoms with Gasteiger partial charge in [-0.05, 0) is 18.2 Å². The molecule has 3 aromatic carbocycles. The van der Waals surface area contributed by atoms with Crippen molar-refractivity contribution in [2.45, 2.75) is 5.16 Å². The Morgan fingerprint density at radius 2 is 1.83 bits per heavy atom. The fourth-order valence-electron chi connectivity index (χ4n) is 3.14. The van der Waals surface area contributed by atoms with Crippen LogP contribution in [0, 0.1) is 10.1 Å². The fourth-order valence-corrected chi connectivity index (χ4v) is 4.06. The van der Waals surface area contributed by atoms with Crippen molar-refractivity contribution in [1.29, 1.82) is 0 Å². The van der Waals surface area contributed by atoms with Gasteiger partial charge in [0.2, 0.25) is 0 Å². The molecule has 0 spiro atoms. The van der Waals surface area contributed by atoms with Gasteiger partial charge < -0.3 is 4.74 Å². The van der Waals surface area contributed by atoms with E-state index in [0.717, 1.165) is 5.69 Å². The minimum Gasteiger partial charge on any atom is -0.495 e. The van der Waals surface area contributed by atoms with Crippen molar-refractivity contribution in [3.05, 3.63) is 88.5 Å². The van der Waals surface area contributed by atoms with Gasteiger partial charge >= 0.3 is 0 Å². The Labute approximate surface area is 176 Å². The first kappa shape index (κ1) is 19.7. The summed E-state index contributed by atoms with van der Waals surface area (Å²) < 4.78 is 7.36. The van der Waals surface area contributed by atoms with E-state index in [1.165, 1.54) is 23.9 Å². The van der Waals surface area contributed by atoms with Crippen LogP contribution in [0.1, 0.15) is 10.4 Å². The largest absolute Gasteiger partial charge is 0.495 e. The lowest BCUT2D eigenvalue weighted by atomic mass is 10.2. The summed E-state index contributed by atoms with van der Waals surface area (Å²) in [5, 5.41) is 11.7. The van der Waals surface area contributed by atoms with Crippen molar-refractivity contribution in [2.75, 3.05) is 12.9 Å². The van der Waals surface area contributed by atoms with Crippen LogP contribution in [0.15, 0.2) is 78.0 Å². The van der Waals surface area contributed by atoms with Crippen LogP contribution in [0.25, 0.3) is 16.7 Å². The van der Waals surface area contributed by atoms with Gasteiger partial charge in [-0.25, -0.2) is 4.98 Å². The minimum atomic E-state index is -0.451. The number of ketones is 1. The highest BCUT2D eigenvalue weighted by molar-refractivity contribution is 7.99. The van der Waals surface area contributed by atoms with Crippen molar-refractivity contribution in [1.82, 2.24) is 9.55 Å². The number of non-ortho nitro benzene ring substituents is 1. The van der Waals surface area contributed by atoms with E-state index in [9.17, 15) is 14.9 Å². The molecule has 1 aromatic heterocycles. The van der Waals surface area contributed by atoms with E-state index < -0.39 is 4.92 Å². The number of nitrogens with zero attached hydrogens (tertiary/aromatic N) is 3. The zero-order valence-corrected chi connectivity index (χ0v) is 16.8. The van der Waals surface area contributed by atoms with Crippen molar-refractivity contribution in [3.8, 4) is 11.4 Å². The minimum absolute atomic E-state index is 0.0230. The number of benzene rings is 3. The fraction of sp³-hybridized carbons (Fsp3) is 0.0909. The first-order valence-corrected chi connectivity index (χ1v) is 10.1. The second-order valence-electron chi connectivity index (χ2n) is 6.41. The Hall–Kier alpha value is -3.65. The SMILES string of the molecule is COc1ccccc1-n1c(SCC(=O)c2ccccc2)nc2cc([N+](=O)[O-])ccc21. The Bertz CT molecular complexity index is 1240. The average molecular weight is 419 g/mol. The van der Waals surface area contributed by atoms with Crippen LogP contribution >= 0.6 is 11.8 Å². The number of nitro groups is 1. The predicted molar refractivity (Wildman–Crippen MR) is 116 cm³/mol. The second kappa shape index (κ2) is 8.38. The van der Waals surface area contributed by atoms with Crippen LogP contribution in [0.5, 0.6) is 5.75 Å². The molecule has 0 saturated heterocycles. The third-order valence-corrected chi connectivity index (χ3v) is 5.51. The Kier molecular flexibility index (Phi) is 5.49. The molecule has 0 N–H and O–H groups in total. The standard InChI is InChI=1S/C22H17N3O4S/c1-29-21-10-6-5-9-19(21)24-18-12-11-16(25(27)28)13-17(18)23-22(24)30-14-20(26)15-7-3-2-4-8-15/h2-13H,14H2,1H3. The molecular weight excluding hydrogens is 402 g/mol. The van der Waals surface area contributed by atoms with E-state index in [2.05, 4.69) is 4.98 Å². The smallest absolute Gasteiger partial charge is 0.271 e. The molecule has 0 bridgehead atoms. The van der Waals surface area contributed by atoms with Gasteiger partial charge in [0.1, 0.15) is 5.75 Å². The van der Waals surface area contributed by atoms with Crippen molar-refractivity contribution in [2.24, 2.45) is 0 Å². The predicted octanol–water partition coefficient (Wildman–Crippen LogP) is 4.92. The van der Waals surface area contributed by atoms with Gasteiger partial charge in [0.05, 0.1) is 34.5 Å². The third kappa shape index (κ3) is 3.77. The number of hydrogen-bond acceptors (Lipinski definition) is 6. The monoisotopic (exact) mass is 419 g/mol. The maximum atomic E-state index is 12.6. The van der Waals surface area contributed by atoms with Crippen LogP contribution in [-0.2, 0) is 0 Å². The number of rotatable bonds is 7. The number of thioether (sulfide) groups is 1. The molecule has 8 heteroatoms. The van der Waals surface area contributed by atoms with E-state index >= 15 is 0 Å². The zero-order chi connectivity index (χ0) is 21.1. The number of methoxy groups -OCH3 is 1. The van der Waals surface area contributed by atoms with E-state index in [1.807, 2.05) is 47.0 Å². The van der Waals surface area contributed by atoms with Crippen LogP contribution in [-0.4, -0.2) is 33.1 Å². The van der Waals surface area contributed by atoms with Gasteiger partial charge in [-0.2, -0.15) is 0 Å². The average Bonchev–Trinajstić information content (AvgIpc) is 3.15. The summed E-state index contributed by atoms with van der Waals surface area (Å²) in [6.45, 7) is 0. The molecular formula is C22H17N3O4S. The molecule has 0 aliphatic heterocycles. The highest BCUT2D eigenvalue weighted by atomic mass is 32.2. The lowest BCUT2D eigenvalue weighted by molar-refractivity contribution is -0.384. The zero-order valence-electron chi connectivity index (χ0n) is 16.0. The molecule has 4 rings (SSSR count). The molecule has 30 heavy (non-hydrogen) atoms. The molecule has 0 saturated carbocycles. The molecule has 0 unspecified atom stereocenters. The van der Waals surface area contributed by atoms with Crippen LogP contribution in [0.3, 0.4) is 0 Å². The third-order valence-electron chi connectivity index (χ3n) is 4.57. The topological polar surface area (TPSA) is 87.3 Å². The first-order valence-electron chi connectivity index (χ1n) is 9.10. The summed E-state index contributed by atoms with van der Waals surface area (Å²) in [5.41, 5.74) is 2.50. The number of hydrogen-bond donors (Lipinski definition) is 0. The molecule has 150 valence electrons. The molecule has 0 aliphatic rings. The molecule has 0 aliphatic carbocycles. The number of carbonyl (C=O) groups excluding carboxylic acids is 1. The number of fused-ring (bicyclic) bond motifs is 1. The van der Waals surface area contributed by atoms with Crippen molar-refractivity contribution >= 4 is 34.3 Å². The summed E-state index contributed by atoms with van der Waals surface area (Å²) in [7, 11) is 1.58. The van der Waals surface area contributed by atoms with E-state index in [0.29, 0.717) is 27.5 Å². The van der Waals surface area contributed by atoms with Gasteiger partial charge in [-0.1, -0.05) is 54.2 Å². The Morgan fingerprint density at radius 1 is 1.10 bits per heavy atom. The number of ether oxygens (including phenoxy) is 1. The number of Topliss-reactive ketones (excluding diaryl/α,β-unsaturated/α-hetero) is 1. The molecule has 4 aromatic rings. The Morgan fingerprint density at radius 3 is 2.57 bits per heavy atom.